The van der Waals surface area contributed by atoms with Crippen LogP contribution in [0.3, 0.4) is 0 Å². The van der Waals surface area contributed by atoms with Gasteiger partial charge in [-0.2, -0.15) is 0 Å². The first-order valence-electron chi connectivity index (χ1n) is 6.84. The van der Waals surface area contributed by atoms with E-state index >= 15 is 0 Å². The van der Waals surface area contributed by atoms with Crippen molar-refractivity contribution in [3.8, 4) is 0 Å². The van der Waals surface area contributed by atoms with Gasteiger partial charge in [-0.15, -0.1) is 0 Å². The van der Waals surface area contributed by atoms with Gasteiger partial charge in [-0.3, -0.25) is 0 Å². The van der Waals surface area contributed by atoms with Crippen molar-refractivity contribution in [1.29, 1.82) is 0 Å². The van der Waals surface area contributed by atoms with Crippen molar-refractivity contribution < 1.29 is 23.0 Å². The number of aliphatic hydroxyl groups is 1. The summed E-state index contributed by atoms with van der Waals surface area (Å²) in [4.78, 5) is 0.189. The fourth-order valence-electron chi connectivity index (χ4n) is 2.27. The average molecular weight is 315 g/mol. The lowest BCUT2D eigenvalue weighted by atomic mass is 10.1. The van der Waals surface area contributed by atoms with Gasteiger partial charge in [-0.1, -0.05) is 6.07 Å². The molecular weight excluding hydrogens is 294 g/mol. The van der Waals surface area contributed by atoms with E-state index in [1.165, 1.54) is 6.07 Å². The second kappa shape index (κ2) is 6.85. The van der Waals surface area contributed by atoms with Crippen LogP contribution in [-0.4, -0.2) is 46.0 Å². The molecule has 7 heteroatoms. The Labute approximate surface area is 125 Å². The van der Waals surface area contributed by atoms with Crippen molar-refractivity contribution in [1.82, 2.24) is 4.72 Å². The van der Waals surface area contributed by atoms with Gasteiger partial charge in [0.05, 0.1) is 37.4 Å². The molecule has 2 rings (SSSR count). The Morgan fingerprint density at radius 2 is 2.05 bits per heavy atom. The van der Waals surface area contributed by atoms with Crippen LogP contribution >= 0.6 is 0 Å². The number of benzene rings is 1. The highest BCUT2D eigenvalue weighted by Gasteiger charge is 2.21. The van der Waals surface area contributed by atoms with E-state index in [1.54, 1.807) is 13.0 Å². The molecule has 0 saturated carbocycles. The largest absolute Gasteiger partial charge is 0.392 e. The minimum atomic E-state index is -3.64. The van der Waals surface area contributed by atoms with Gasteiger partial charge in [-0.05, 0) is 36.6 Å². The fraction of sp³-hybridized carbons (Fsp3) is 0.571. The third-order valence-electron chi connectivity index (χ3n) is 3.48. The predicted octanol–water partition coefficient (Wildman–Crippen LogP) is 0.489. The molecule has 6 nitrogen and oxygen atoms in total. The van der Waals surface area contributed by atoms with Crippen LogP contribution in [0.5, 0.6) is 0 Å². The maximum atomic E-state index is 12.4. The Bertz CT molecular complexity index is 594. The van der Waals surface area contributed by atoms with Crippen LogP contribution in [0.25, 0.3) is 0 Å². The summed E-state index contributed by atoms with van der Waals surface area (Å²) in [7, 11) is -3.64. The van der Waals surface area contributed by atoms with Crippen molar-refractivity contribution in [2.24, 2.45) is 0 Å². The molecule has 0 radical (unpaired) electrons. The predicted molar refractivity (Wildman–Crippen MR) is 77.6 cm³/mol. The summed E-state index contributed by atoms with van der Waals surface area (Å²) in [6.45, 7) is 4.97. The minimum Gasteiger partial charge on any atom is -0.392 e. The minimum absolute atomic E-state index is 0.171. The van der Waals surface area contributed by atoms with Crippen molar-refractivity contribution >= 4 is 10.0 Å². The number of nitrogens with one attached hydrogen (secondary N) is 1. The molecule has 1 fully saturated rings. The SMILES string of the molecule is Cc1cc(C)c(S(=O)(=O)NCC2COCCO2)cc1CO. The molecule has 1 aliphatic rings. The topological polar surface area (TPSA) is 84.9 Å². The summed E-state index contributed by atoms with van der Waals surface area (Å²) in [6.07, 6.45) is -0.267. The zero-order valence-electron chi connectivity index (χ0n) is 12.3. The van der Waals surface area contributed by atoms with Gasteiger partial charge < -0.3 is 14.6 Å². The Morgan fingerprint density at radius 3 is 2.67 bits per heavy atom. The second-order valence-corrected chi connectivity index (χ2v) is 6.86. The normalized spacial score (nSPS) is 19.7. The smallest absolute Gasteiger partial charge is 0.240 e. The summed E-state index contributed by atoms with van der Waals surface area (Å²) in [6, 6.07) is 3.28. The quantitative estimate of drug-likeness (QED) is 0.826. The van der Waals surface area contributed by atoms with E-state index in [2.05, 4.69) is 4.72 Å². The summed E-state index contributed by atoms with van der Waals surface area (Å²) in [5.74, 6) is 0. The summed E-state index contributed by atoms with van der Waals surface area (Å²) >= 11 is 0. The Hall–Kier alpha value is -0.990. The van der Waals surface area contributed by atoms with Crippen LogP contribution in [0.2, 0.25) is 0 Å². The van der Waals surface area contributed by atoms with Gasteiger partial charge in [-0.25, -0.2) is 13.1 Å². The average Bonchev–Trinajstić information content (AvgIpc) is 2.46. The van der Waals surface area contributed by atoms with E-state index in [4.69, 9.17) is 9.47 Å². The lowest BCUT2D eigenvalue weighted by molar-refractivity contribution is -0.0846. The molecule has 0 bridgehead atoms. The monoisotopic (exact) mass is 315 g/mol. The molecule has 0 amide bonds. The van der Waals surface area contributed by atoms with Gasteiger partial charge in [0.15, 0.2) is 0 Å². The first-order chi connectivity index (χ1) is 9.94. The van der Waals surface area contributed by atoms with Crippen molar-refractivity contribution in [2.45, 2.75) is 31.5 Å². The van der Waals surface area contributed by atoms with Gasteiger partial charge in [0, 0.05) is 6.54 Å². The van der Waals surface area contributed by atoms with E-state index in [1.807, 2.05) is 6.92 Å². The number of rotatable bonds is 5. The van der Waals surface area contributed by atoms with E-state index < -0.39 is 10.0 Å². The standard InChI is InChI=1S/C14H21NO5S/c1-10-5-11(2)14(6-12(10)8-16)21(17,18)15-7-13-9-19-3-4-20-13/h5-6,13,15-16H,3-4,7-9H2,1-2H3. The van der Waals surface area contributed by atoms with Crippen LogP contribution in [0, 0.1) is 13.8 Å². The first kappa shape index (κ1) is 16.4. The third-order valence-corrected chi connectivity index (χ3v) is 5.04. The Kier molecular flexibility index (Phi) is 5.34. The highest BCUT2D eigenvalue weighted by atomic mass is 32.2. The summed E-state index contributed by atoms with van der Waals surface area (Å²) in [5.41, 5.74) is 2.13. The van der Waals surface area contributed by atoms with Gasteiger partial charge in [0.25, 0.3) is 0 Å². The molecule has 1 heterocycles. The Morgan fingerprint density at radius 1 is 1.29 bits per heavy atom. The van der Waals surface area contributed by atoms with Crippen LogP contribution < -0.4 is 4.72 Å². The van der Waals surface area contributed by atoms with Gasteiger partial charge >= 0.3 is 0 Å². The molecule has 1 atom stereocenters. The van der Waals surface area contributed by atoms with Gasteiger partial charge in [0.1, 0.15) is 0 Å². The molecule has 21 heavy (non-hydrogen) atoms. The van der Waals surface area contributed by atoms with Crippen LogP contribution in [0.15, 0.2) is 17.0 Å². The molecule has 1 aliphatic heterocycles. The zero-order valence-corrected chi connectivity index (χ0v) is 13.1. The summed E-state index contributed by atoms with van der Waals surface area (Å²) in [5, 5.41) is 9.28. The van der Waals surface area contributed by atoms with E-state index in [0.29, 0.717) is 30.9 Å². The molecule has 1 aromatic carbocycles. The number of aryl methyl sites for hydroxylation is 2. The van der Waals surface area contributed by atoms with Crippen LogP contribution in [-0.2, 0) is 26.1 Å². The lowest BCUT2D eigenvalue weighted by Gasteiger charge is -2.23. The molecule has 1 unspecified atom stereocenters. The number of sulfonamides is 1. The molecule has 0 aromatic heterocycles. The second-order valence-electron chi connectivity index (χ2n) is 5.12. The summed E-state index contributed by atoms with van der Waals surface area (Å²) < 4.78 is 38.0. The molecule has 118 valence electrons. The first-order valence-corrected chi connectivity index (χ1v) is 8.32. The number of aliphatic hydroxyl groups excluding tert-OH is 1. The molecule has 1 aromatic rings. The number of hydrogen-bond donors (Lipinski definition) is 2. The highest BCUT2D eigenvalue weighted by molar-refractivity contribution is 7.89. The van der Waals surface area contributed by atoms with Crippen molar-refractivity contribution in [2.75, 3.05) is 26.4 Å². The molecular formula is C14H21NO5S. The van der Waals surface area contributed by atoms with Crippen molar-refractivity contribution in [3.05, 3.63) is 28.8 Å². The van der Waals surface area contributed by atoms with E-state index in [0.717, 1.165) is 5.56 Å². The third kappa shape index (κ3) is 4.02. The van der Waals surface area contributed by atoms with Crippen LogP contribution in [0.4, 0.5) is 0 Å². The zero-order chi connectivity index (χ0) is 15.5. The maximum Gasteiger partial charge on any atom is 0.240 e. The van der Waals surface area contributed by atoms with E-state index in [9.17, 15) is 13.5 Å². The maximum absolute atomic E-state index is 12.4. The fourth-order valence-corrected chi connectivity index (χ4v) is 3.61. The molecule has 0 aliphatic carbocycles. The number of ether oxygens (including phenoxy) is 2. The van der Waals surface area contributed by atoms with Gasteiger partial charge in [0.2, 0.25) is 10.0 Å². The van der Waals surface area contributed by atoms with Crippen molar-refractivity contribution in [3.63, 3.8) is 0 Å². The number of hydrogen-bond acceptors (Lipinski definition) is 5. The molecule has 0 spiro atoms. The lowest BCUT2D eigenvalue weighted by Crippen LogP contribution is -2.39. The molecule has 1 saturated heterocycles. The Balaban J connectivity index is 2.15. The highest BCUT2D eigenvalue weighted by Crippen LogP contribution is 2.20. The van der Waals surface area contributed by atoms with E-state index in [-0.39, 0.29) is 24.2 Å². The van der Waals surface area contributed by atoms with Crippen LogP contribution in [0.1, 0.15) is 16.7 Å². The molecule has 2 N–H and O–H groups in total.